The quantitative estimate of drug-likeness (QED) is 0.869. The zero-order valence-electron chi connectivity index (χ0n) is 14.8. The van der Waals surface area contributed by atoms with Crippen molar-refractivity contribution in [2.24, 2.45) is 5.92 Å². The molecule has 1 aliphatic heterocycles. The summed E-state index contributed by atoms with van der Waals surface area (Å²) in [4.78, 5) is 16.8. The van der Waals surface area contributed by atoms with Crippen molar-refractivity contribution in [3.8, 4) is 11.5 Å². The molecule has 6 heteroatoms. The number of hydrogen-bond acceptors (Lipinski definition) is 5. The highest BCUT2D eigenvalue weighted by molar-refractivity contribution is 6.05. The van der Waals surface area contributed by atoms with E-state index in [-0.39, 0.29) is 17.9 Å². The van der Waals surface area contributed by atoms with Gasteiger partial charge in [0.25, 0.3) is 0 Å². The fourth-order valence-corrected chi connectivity index (χ4v) is 2.71. The molecule has 1 atom stereocenters. The first kappa shape index (κ1) is 17.4. The molecule has 1 N–H and O–H groups in total. The summed E-state index contributed by atoms with van der Waals surface area (Å²) in [5, 5.41) is 3.35. The van der Waals surface area contributed by atoms with Crippen molar-refractivity contribution in [3.05, 3.63) is 12.1 Å². The van der Waals surface area contributed by atoms with Crippen LogP contribution in [0, 0.1) is 5.92 Å². The number of carbonyl (C=O) groups is 1. The monoisotopic (exact) mass is 321 g/mol. The maximum absolute atomic E-state index is 12.9. The predicted octanol–water partition coefficient (Wildman–Crippen LogP) is 2.05. The number of fused-ring (bicyclic) bond motifs is 1. The van der Waals surface area contributed by atoms with Crippen LogP contribution in [0.3, 0.4) is 0 Å². The van der Waals surface area contributed by atoms with E-state index in [0.717, 1.165) is 17.9 Å². The molecule has 128 valence electrons. The number of nitrogens with one attached hydrogen (secondary N) is 1. The van der Waals surface area contributed by atoms with Gasteiger partial charge >= 0.3 is 0 Å². The first-order chi connectivity index (χ1) is 10.9. The smallest absolute Gasteiger partial charge is 0.249 e. The molecule has 1 aromatic carbocycles. The summed E-state index contributed by atoms with van der Waals surface area (Å²) in [5.74, 6) is 1.58. The SMILES string of the molecule is COc1cc2c(cc1OC)N(CCN(C)C)C(=O)C(C(C)C)N2. The van der Waals surface area contributed by atoms with E-state index >= 15 is 0 Å². The van der Waals surface area contributed by atoms with E-state index in [1.165, 1.54) is 0 Å². The van der Waals surface area contributed by atoms with Gasteiger partial charge in [-0.3, -0.25) is 4.79 Å². The Kier molecular flexibility index (Phi) is 5.36. The van der Waals surface area contributed by atoms with Crippen molar-refractivity contribution >= 4 is 17.3 Å². The maximum Gasteiger partial charge on any atom is 0.249 e. The van der Waals surface area contributed by atoms with Crippen LogP contribution in [0.15, 0.2) is 12.1 Å². The van der Waals surface area contributed by atoms with Crippen molar-refractivity contribution in [1.29, 1.82) is 0 Å². The third-order valence-electron chi connectivity index (χ3n) is 4.07. The van der Waals surface area contributed by atoms with E-state index in [1.807, 2.05) is 45.0 Å². The summed E-state index contributed by atoms with van der Waals surface area (Å²) in [6.07, 6.45) is 0. The third kappa shape index (κ3) is 3.52. The van der Waals surface area contributed by atoms with Gasteiger partial charge in [0.1, 0.15) is 6.04 Å². The Morgan fingerprint density at radius 2 is 1.83 bits per heavy atom. The molecular formula is C17H27N3O3. The van der Waals surface area contributed by atoms with Crippen LogP contribution in [0.1, 0.15) is 13.8 Å². The molecule has 2 rings (SSSR count). The number of carbonyl (C=O) groups excluding carboxylic acids is 1. The number of benzene rings is 1. The van der Waals surface area contributed by atoms with E-state index < -0.39 is 0 Å². The van der Waals surface area contributed by atoms with Gasteiger partial charge in [-0.25, -0.2) is 0 Å². The lowest BCUT2D eigenvalue weighted by molar-refractivity contribution is -0.120. The molecular weight excluding hydrogens is 294 g/mol. The van der Waals surface area contributed by atoms with E-state index in [9.17, 15) is 4.79 Å². The Morgan fingerprint density at radius 3 is 2.35 bits per heavy atom. The molecule has 0 saturated carbocycles. The Hall–Kier alpha value is -1.95. The van der Waals surface area contributed by atoms with Gasteiger partial charge in [0.05, 0.1) is 25.6 Å². The molecule has 1 aromatic rings. The molecule has 0 spiro atoms. The third-order valence-corrected chi connectivity index (χ3v) is 4.07. The Labute approximate surface area is 138 Å². The molecule has 0 aliphatic carbocycles. The van der Waals surface area contributed by atoms with Gasteiger partial charge in [-0.1, -0.05) is 13.8 Å². The number of ether oxygens (including phenoxy) is 2. The van der Waals surface area contributed by atoms with E-state index in [2.05, 4.69) is 10.2 Å². The van der Waals surface area contributed by atoms with Crippen LogP contribution in [0.5, 0.6) is 11.5 Å². The summed E-state index contributed by atoms with van der Waals surface area (Å²) in [6.45, 7) is 5.53. The largest absolute Gasteiger partial charge is 0.493 e. The fraction of sp³-hybridized carbons (Fsp3) is 0.588. The molecule has 1 heterocycles. The van der Waals surface area contributed by atoms with Crippen LogP contribution >= 0.6 is 0 Å². The number of amides is 1. The predicted molar refractivity (Wildman–Crippen MR) is 92.7 cm³/mol. The van der Waals surface area contributed by atoms with Crippen LogP contribution in [-0.2, 0) is 4.79 Å². The fourth-order valence-electron chi connectivity index (χ4n) is 2.71. The maximum atomic E-state index is 12.9. The molecule has 0 bridgehead atoms. The number of rotatable bonds is 6. The van der Waals surface area contributed by atoms with Gasteiger partial charge in [0.2, 0.25) is 5.91 Å². The highest BCUT2D eigenvalue weighted by Crippen LogP contribution is 2.41. The summed E-state index contributed by atoms with van der Waals surface area (Å²) in [6, 6.07) is 3.53. The van der Waals surface area contributed by atoms with Crippen LogP contribution in [-0.4, -0.2) is 58.3 Å². The van der Waals surface area contributed by atoms with E-state index in [1.54, 1.807) is 14.2 Å². The van der Waals surface area contributed by atoms with Crippen LogP contribution < -0.4 is 19.7 Å². The van der Waals surface area contributed by atoms with Gasteiger partial charge in [-0.05, 0) is 20.0 Å². The minimum absolute atomic E-state index is 0.0987. The molecule has 1 aliphatic rings. The van der Waals surface area contributed by atoms with Crippen molar-refractivity contribution in [2.75, 3.05) is 51.6 Å². The minimum Gasteiger partial charge on any atom is -0.493 e. The molecule has 0 saturated heterocycles. The van der Waals surface area contributed by atoms with Crippen molar-refractivity contribution in [1.82, 2.24) is 4.90 Å². The van der Waals surface area contributed by atoms with Gasteiger partial charge in [-0.2, -0.15) is 0 Å². The van der Waals surface area contributed by atoms with Crippen LogP contribution in [0.2, 0.25) is 0 Å². The normalized spacial score (nSPS) is 17.3. The highest BCUT2D eigenvalue weighted by atomic mass is 16.5. The zero-order valence-corrected chi connectivity index (χ0v) is 14.8. The zero-order chi connectivity index (χ0) is 17.1. The van der Waals surface area contributed by atoms with Crippen molar-refractivity contribution in [3.63, 3.8) is 0 Å². The molecule has 1 amide bonds. The Bertz CT molecular complexity index is 572. The first-order valence-corrected chi connectivity index (χ1v) is 7.87. The number of methoxy groups -OCH3 is 2. The number of anilines is 2. The topological polar surface area (TPSA) is 54.0 Å². The molecule has 0 aromatic heterocycles. The van der Waals surface area contributed by atoms with Crippen LogP contribution in [0.4, 0.5) is 11.4 Å². The molecule has 0 fully saturated rings. The summed E-state index contributed by atoms with van der Waals surface area (Å²) >= 11 is 0. The molecule has 6 nitrogen and oxygen atoms in total. The first-order valence-electron chi connectivity index (χ1n) is 7.87. The second-order valence-corrected chi connectivity index (χ2v) is 6.38. The lowest BCUT2D eigenvalue weighted by Crippen LogP contribution is -2.51. The van der Waals surface area contributed by atoms with Gasteiger partial charge in [0, 0.05) is 25.2 Å². The standard InChI is InChI=1S/C17H27N3O3/c1-11(2)16-17(21)20(8-7-19(3)4)13-10-15(23-6)14(22-5)9-12(13)18-16/h9-11,16,18H,7-8H2,1-6H3. The van der Waals surface area contributed by atoms with Gasteiger partial charge in [-0.15, -0.1) is 0 Å². The van der Waals surface area contributed by atoms with E-state index in [0.29, 0.717) is 18.0 Å². The van der Waals surface area contributed by atoms with Crippen LogP contribution in [0.25, 0.3) is 0 Å². The van der Waals surface area contributed by atoms with Gasteiger partial charge in [0.15, 0.2) is 11.5 Å². The second-order valence-electron chi connectivity index (χ2n) is 6.38. The number of likely N-dealkylation sites (N-methyl/N-ethyl adjacent to an activating group) is 1. The summed E-state index contributed by atoms with van der Waals surface area (Å²) in [7, 11) is 7.22. The summed E-state index contributed by atoms with van der Waals surface area (Å²) < 4.78 is 10.8. The van der Waals surface area contributed by atoms with Gasteiger partial charge < -0.3 is 24.6 Å². The minimum atomic E-state index is -0.234. The van der Waals surface area contributed by atoms with Crippen molar-refractivity contribution in [2.45, 2.75) is 19.9 Å². The Morgan fingerprint density at radius 1 is 1.22 bits per heavy atom. The Balaban J connectivity index is 2.46. The molecule has 1 unspecified atom stereocenters. The van der Waals surface area contributed by atoms with Crippen molar-refractivity contribution < 1.29 is 14.3 Å². The number of hydrogen-bond donors (Lipinski definition) is 1. The number of nitrogens with zero attached hydrogens (tertiary/aromatic N) is 2. The summed E-state index contributed by atoms with van der Waals surface area (Å²) in [5.41, 5.74) is 1.74. The highest BCUT2D eigenvalue weighted by Gasteiger charge is 2.35. The average Bonchev–Trinajstić information content (AvgIpc) is 2.51. The second kappa shape index (κ2) is 7.08. The average molecular weight is 321 g/mol. The lowest BCUT2D eigenvalue weighted by Gasteiger charge is -2.38. The lowest BCUT2D eigenvalue weighted by atomic mass is 9.98. The van der Waals surface area contributed by atoms with E-state index in [4.69, 9.17) is 9.47 Å². The molecule has 23 heavy (non-hydrogen) atoms. The molecule has 0 radical (unpaired) electrons.